The van der Waals surface area contributed by atoms with E-state index < -0.39 is 46.0 Å². The number of amides is 2. The Hall–Kier alpha value is -1.26. The molecule has 2 fully saturated rings. The van der Waals surface area contributed by atoms with Gasteiger partial charge < -0.3 is 26.2 Å². The van der Waals surface area contributed by atoms with E-state index in [1.807, 2.05) is 0 Å². The summed E-state index contributed by atoms with van der Waals surface area (Å²) >= 11 is 1.35. The Morgan fingerprint density at radius 1 is 1.31 bits per heavy atom. The Morgan fingerprint density at radius 2 is 1.88 bits per heavy atom. The number of nitrogens with zero attached hydrogens (tertiary/aromatic N) is 1. The number of aromatic hydroxyl groups is 1. The van der Waals surface area contributed by atoms with Crippen LogP contribution in [0.1, 0.15) is 25.5 Å². The number of rotatable bonds is 4. The molecule has 0 saturated carbocycles. The van der Waals surface area contributed by atoms with Crippen LogP contribution in [0.25, 0.3) is 0 Å². The zero-order chi connectivity index (χ0) is 18.5. The number of thioether (sulfide) groups is 1. The molecule has 5 N–H and O–H groups in total. The molecule has 1 aromatic rings. The minimum absolute atomic E-state index is 0. The second-order valence-corrected chi connectivity index (χ2v) is 8.42. The third kappa shape index (κ3) is 3.46. The van der Waals surface area contributed by atoms with E-state index in [1.54, 1.807) is 13.8 Å². The predicted octanol–water partition coefficient (Wildman–Crippen LogP) is -0.357. The Balaban J connectivity index is 0.00000243. The molecule has 0 spiro atoms. The van der Waals surface area contributed by atoms with Crippen molar-refractivity contribution >= 4 is 59.1 Å². The third-order valence-corrected chi connectivity index (χ3v) is 6.08. The number of phenolic OH excluding ortho intramolecular Hbond substituents is 1. The Kier molecular flexibility index (Phi) is 5.99. The predicted molar refractivity (Wildman–Crippen MR) is 96.4 cm³/mol. The van der Waals surface area contributed by atoms with Gasteiger partial charge in [0.15, 0.2) is 0 Å². The fourth-order valence-corrected chi connectivity index (χ4v) is 4.85. The van der Waals surface area contributed by atoms with Gasteiger partial charge in [-0.3, -0.25) is 9.59 Å². The molecule has 10 heteroatoms. The molecule has 3 rings (SSSR count). The number of hydrogen-bond donors (Lipinski definition) is 4. The molecule has 135 valence electrons. The van der Waals surface area contributed by atoms with Crippen LogP contribution in [0.2, 0.25) is 0 Å². The van der Waals surface area contributed by atoms with Gasteiger partial charge in [-0.1, -0.05) is 12.1 Å². The first kappa shape index (κ1) is 21.0. The van der Waals surface area contributed by atoms with Gasteiger partial charge in [0, 0.05) is 34.3 Å². The normalized spacial score (nSPS) is 27.0. The van der Waals surface area contributed by atoms with Gasteiger partial charge in [-0.25, -0.2) is 4.79 Å². The van der Waals surface area contributed by atoms with E-state index in [4.69, 9.17) is 5.73 Å². The molecule has 1 aromatic carbocycles. The minimum Gasteiger partial charge on any atom is -0.508 e. The molecule has 1 unspecified atom stereocenters. The van der Waals surface area contributed by atoms with Gasteiger partial charge in [0.25, 0.3) is 0 Å². The molecule has 2 amide bonds. The fourth-order valence-electron chi connectivity index (χ4n) is 3.22. The van der Waals surface area contributed by atoms with Crippen molar-refractivity contribution in [2.24, 2.45) is 5.73 Å². The largest absolute Gasteiger partial charge is 0.508 e. The number of nitrogens with two attached hydrogens (primary N) is 1. The number of carboxylic acid groups (broad SMARTS) is 1. The van der Waals surface area contributed by atoms with E-state index in [1.165, 1.54) is 40.9 Å². The quantitative estimate of drug-likeness (QED) is 0.409. The van der Waals surface area contributed by atoms with Crippen molar-refractivity contribution < 1.29 is 24.6 Å². The first-order valence-corrected chi connectivity index (χ1v) is 8.59. The summed E-state index contributed by atoms with van der Waals surface area (Å²) in [6, 6.07) is 3.21. The molecular weight excluding hydrogens is 369 g/mol. The van der Waals surface area contributed by atoms with Crippen molar-refractivity contribution in [2.45, 2.75) is 42.1 Å². The molecule has 0 aliphatic carbocycles. The maximum absolute atomic E-state index is 12.3. The van der Waals surface area contributed by atoms with Crippen LogP contribution >= 0.6 is 11.8 Å². The monoisotopic (exact) mass is 388 g/mol. The number of fused-ring (bicyclic) bond motifs is 1. The maximum Gasteiger partial charge on any atom is 0.327 e. The smallest absolute Gasteiger partial charge is 0.327 e. The number of aliphatic carboxylic acids is 1. The molecule has 2 saturated heterocycles. The number of β-lactam (4-membered cyclic amide) rings is 1. The van der Waals surface area contributed by atoms with E-state index in [0.29, 0.717) is 5.56 Å². The van der Waals surface area contributed by atoms with Crippen LogP contribution in [0, 0.1) is 0 Å². The molecule has 4 atom stereocenters. The van der Waals surface area contributed by atoms with Gasteiger partial charge in [-0.2, -0.15) is 0 Å². The summed E-state index contributed by atoms with van der Waals surface area (Å²) in [6.07, 6.45) is 0. The molecular formula is C16H19N3NaO5S. The molecule has 26 heavy (non-hydrogen) atoms. The van der Waals surface area contributed by atoms with Gasteiger partial charge in [0.05, 0.1) is 0 Å². The number of carbonyl (C=O) groups excluding carboxylic acids is 2. The Labute approximate surface area is 176 Å². The van der Waals surface area contributed by atoms with Crippen molar-refractivity contribution in [2.75, 3.05) is 0 Å². The maximum atomic E-state index is 12.3. The molecule has 2 heterocycles. The van der Waals surface area contributed by atoms with Gasteiger partial charge in [0.1, 0.15) is 29.2 Å². The van der Waals surface area contributed by atoms with Crippen LogP contribution in [-0.4, -0.2) is 84.7 Å². The van der Waals surface area contributed by atoms with E-state index in [2.05, 4.69) is 5.32 Å². The molecule has 0 bridgehead atoms. The van der Waals surface area contributed by atoms with E-state index in [0.717, 1.165) is 0 Å². The first-order chi connectivity index (χ1) is 11.6. The van der Waals surface area contributed by atoms with Crippen LogP contribution in [-0.2, 0) is 14.4 Å². The fraction of sp³-hybridized carbons (Fsp3) is 0.438. The summed E-state index contributed by atoms with van der Waals surface area (Å²) in [7, 11) is 0. The summed E-state index contributed by atoms with van der Waals surface area (Å²) in [5.41, 5.74) is 6.41. The average molecular weight is 388 g/mol. The topological polar surface area (TPSA) is 133 Å². The number of benzene rings is 1. The number of hydrogen-bond acceptors (Lipinski definition) is 6. The Morgan fingerprint density at radius 3 is 2.42 bits per heavy atom. The number of carbonyl (C=O) groups is 3. The van der Waals surface area contributed by atoms with Crippen molar-refractivity contribution in [3.8, 4) is 5.75 Å². The van der Waals surface area contributed by atoms with Crippen molar-refractivity contribution in [1.29, 1.82) is 0 Å². The van der Waals surface area contributed by atoms with Crippen LogP contribution in [0.3, 0.4) is 0 Å². The second kappa shape index (κ2) is 7.40. The summed E-state index contributed by atoms with van der Waals surface area (Å²) in [4.78, 5) is 37.5. The molecule has 2 aliphatic heterocycles. The number of nitrogens with one attached hydrogen (secondary N) is 1. The number of phenols is 1. The average Bonchev–Trinajstić information content (AvgIpc) is 2.80. The van der Waals surface area contributed by atoms with Crippen LogP contribution < -0.4 is 11.1 Å². The van der Waals surface area contributed by atoms with Crippen LogP contribution in [0.5, 0.6) is 5.75 Å². The van der Waals surface area contributed by atoms with Gasteiger partial charge in [0.2, 0.25) is 11.8 Å². The van der Waals surface area contributed by atoms with Gasteiger partial charge in [-0.05, 0) is 31.5 Å². The summed E-state index contributed by atoms with van der Waals surface area (Å²) in [6.45, 7) is 3.53. The SMILES string of the molecule is CC1(C)S[C@@H]2[C@H](NC(=O)C(N)c3ccc(O)cc3)C(=O)N2[C@H]1C(=O)O.[Na]. The molecule has 1 radical (unpaired) electrons. The second-order valence-electron chi connectivity index (χ2n) is 6.65. The van der Waals surface area contributed by atoms with Crippen LogP contribution in [0.15, 0.2) is 24.3 Å². The van der Waals surface area contributed by atoms with Crippen molar-refractivity contribution in [3.63, 3.8) is 0 Å². The molecule has 8 nitrogen and oxygen atoms in total. The first-order valence-electron chi connectivity index (χ1n) is 7.71. The summed E-state index contributed by atoms with van der Waals surface area (Å²) in [5.74, 6) is -1.94. The van der Waals surface area contributed by atoms with Crippen molar-refractivity contribution in [3.05, 3.63) is 29.8 Å². The van der Waals surface area contributed by atoms with Gasteiger partial charge >= 0.3 is 5.97 Å². The van der Waals surface area contributed by atoms with Crippen molar-refractivity contribution in [1.82, 2.24) is 10.2 Å². The summed E-state index contributed by atoms with van der Waals surface area (Å²) < 4.78 is -0.648. The molecule has 0 aromatic heterocycles. The Bertz CT molecular complexity index is 742. The zero-order valence-electron chi connectivity index (χ0n) is 14.7. The third-order valence-electron chi connectivity index (χ3n) is 4.51. The standard InChI is InChI=1S/C16H19N3O5S.Na/c1-16(2)11(15(23)24)19-13(22)10(14(19)25-16)18-12(21)9(17)7-3-5-8(20)6-4-7;/h3-6,9-11,14,20H,17H2,1-2H3,(H,18,21)(H,23,24);/t9?,10-,11+,14-;/m1./s1. The molecule has 2 aliphatic rings. The van der Waals surface area contributed by atoms with E-state index in [9.17, 15) is 24.6 Å². The van der Waals surface area contributed by atoms with Gasteiger partial charge in [-0.15, -0.1) is 11.8 Å². The van der Waals surface area contributed by atoms with Crippen LogP contribution in [0.4, 0.5) is 0 Å². The number of carboxylic acids is 1. The minimum atomic E-state index is -1.06. The summed E-state index contributed by atoms with van der Waals surface area (Å²) in [5, 5.41) is 20.9. The zero-order valence-corrected chi connectivity index (χ0v) is 17.5. The van der Waals surface area contributed by atoms with E-state index >= 15 is 0 Å². The van der Waals surface area contributed by atoms with E-state index in [-0.39, 0.29) is 35.3 Å².